The molecule has 0 fully saturated rings. The Morgan fingerprint density at radius 1 is 0.561 bits per heavy atom. The molecule has 7 nitrogen and oxygen atoms in total. The minimum atomic E-state index is -1.09. The molecule has 0 atom stereocenters. The van der Waals surface area contributed by atoms with Gasteiger partial charge in [-0.25, -0.2) is 14.4 Å². The zero-order valence-electron chi connectivity index (χ0n) is 26.6. The third-order valence-corrected chi connectivity index (χ3v) is 6.18. The Bertz CT molecular complexity index is 931. The molecule has 0 aromatic heterocycles. The van der Waals surface area contributed by atoms with E-state index in [1.807, 2.05) is 0 Å². The second-order valence-electron chi connectivity index (χ2n) is 10.7. The van der Waals surface area contributed by atoms with Gasteiger partial charge in [0.1, 0.15) is 13.2 Å². The van der Waals surface area contributed by atoms with Crippen LogP contribution in [0.25, 0.3) is 0 Å². The molecule has 0 saturated carbocycles. The third-order valence-electron chi connectivity index (χ3n) is 6.18. The summed E-state index contributed by atoms with van der Waals surface area (Å²) >= 11 is 0. The molecule has 0 aliphatic rings. The maximum absolute atomic E-state index is 11.7. The molecule has 0 amide bonds. The molecule has 7 heteroatoms. The van der Waals surface area contributed by atoms with Crippen molar-refractivity contribution in [1.29, 1.82) is 0 Å². The minimum absolute atomic E-state index is 0.0963. The number of esters is 2. The molecule has 0 aliphatic carbocycles. The highest BCUT2D eigenvalue weighted by atomic mass is 16.7. The lowest BCUT2D eigenvalue weighted by molar-refractivity contribution is -0.153. The lowest BCUT2D eigenvalue weighted by atomic mass is 10.0. The fourth-order valence-electron chi connectivity index (χ4n) is 3.81. The van der Waals surface area contributed by atoms with Crippen molar-refractivity contribution in [2.24, 2.45) is 0 Å². The fraction of sp³-hybridized carbons (Fsp3) is 0.618. The Morgan fingerprint density at radius 3 is 1.54 bits per heavy atom. The smallest absolute Gasteiger partial charge is 0.464 e. The molecular formula is C34H54O7. The number of ether oxygens (including phenoxy) is 4. The van der Waals surface area contributed by atoms with E-state index in [1.54, 1.807) is 6.92 Å². The molecule has 0 unspecified atom stereocenters. The number of hydrogen-bond donors (Lipinski definition) is 0. The minimum Gasteiger partial charge on any atom is -0.464 e. The monoisotopic (exact) mass is 574 g/mol. The van der Waals surface area contributed by atoms with Crippen molar-refractivity contribution in [3.05, 3.63) is 58.2 Å². The van der Waals surface area contributed by atoms with Gasteiger partial charge in [0.25, 0.3) is 0 Å². The highest BCUT2D eigenvalue weighted by Gasteiger charge is 2.12. The molecule has 0 N–H and O–H groups in total. The van der Waals surface area contributed by atoms with Crippen LogP contribution >= 0.6 is 0 Å². The van der Waals surface area contributed by atoms with Gasteiger partial charge < -0.3 is 18.9 Å². The highest BCUT2D eigenvalue weighted by molar-refractivity contribution is 5.82. The Labute approximate surface area is 248 Å². The first-order chi connectivity index (χ1) is 19.5. The van der Waals surface area contributed by atoms with E-state index in [0.29, 0.717) is 6.42 Å². The Morgan fingerprint density at radius 2 is 1.02 bits per heavy atom. The van der Waals surface area contributed by atoms with E-state index in [0.717, 1.165) is 57.8 Å². The van der Waals surface area contributed by atoms with Gasteiger partial charge in [-0.15, -0.1) is 0 Å². The molecular weight excluding hydrogens is 520 g/mol. The number of rotatable bonds is 21. The summed E-state index contributed by atoms with van der Waals surface area (Å²) in [7, 11) is 0. The van der Waals surface area contributed by atoms with Gasteiger partial charge in [-0.2, -0.15) is 0 Å². The normalized spacial score (nSPS) is 12.7. The summed E-state index contributed by atoms with van der Waals surface area (Å²) in [5, 5.41) is 0. The predicted octanol–water partition coefficient (Wildman–Crippen LogP) is 8.90. The van der Waals surface area contributed by atoms with Crippen molar-refractivity contribution < 1.29 is 33.3 Å². The predicted molar refractivity (Wildman–Crippen MR) is 166 cm³/mol. The maximum Gasteiger partial charge on any atom is 0.516 e. The lowest BCUT2D eigenvalue weighted by Crippen LogP contribution is -2.21. The molecule has 0 rings (SSSR count). The summed E-state index contributed by atoms with van der Waals surface area (Å²) < 4.78 is 18.8. The van der Waals surface area contributed by atoms with Crippen LogP contribution < -0.4 is 0 Å². The standard InChI is InChI=1S/C34H54O7/c1-8-39-34(37)41-33(36)26-38-25-32(35)40-24-14-23-31(7)22-13-20-29(5)17-10-9-16-28(4)19-12-21-30(6)18-11-15-27(2)3/h15-17,21-22H,8-14,18-20,23-26H2,1-7H3/b28-16+,29-17+,30-21+,31-22+. The van der Waals surface area contributed by atoms with Gasteiger partial charge in [0, 0.05) is 0 Å². The second-order valence-corrected chi connectivity index (χ2v) is 10.7. The number of carbonyl (C=O) groups excluding carboxylic acids is 3. The third kappa shape index (κ3) is 25.8. The van der Waals surface area contributed by atoms with Crippen LogP contribution in [0.1, 0.15) is 113 Å². The van der Waals surface area contributed by atoms with Crippen LogP contribution in [0, 0.1) is 0 Å². The van der Waals surface area contributed by atoms with Gasteiger partial charge >= 0.3 is 18.1 Å². The zero-order chi connectivity index (χ0) is 30.9. The van der Waals surface area contributed by atoms with E-state index in [1.165, 1.54) is 27.9 Å². The van der Waals surface area contributed by atoms with Crippen LogP contribution in [0.15, 0.2) is 58.2 Å². The largest absolute Gasteiger partial charge is 0.516 e. The molecule has 0 heterocycles. The van der Waals surface area contributed by atoms with E-state index >= 15 is 0 Å². The Balaban J connectivity index is 3.99. The lowest BCUT2D eigenvalue weighted by Gasteiger charge is -2.06. The summed E-state index contributed by atoms with van der Waals surface area (Å²) in [5.41, 5.74) is 7.03. The SMILES string of the molecule is CCOC(=O)OC(=O)COCC(=O)OCCC/C(C)=C/CC/C(C)=C/CC/C=C(\C)CC/C=C(\C)CCC=C(C)C. The van der Waals surface area contributed by atoms with Crippen LogP contribution in [0.5, 0.6) is 0 Å². The Hall–Kier alpha value is -2.93. The first-order valence-electron chi connectivity index (χ1n) is 14.9. The maximum atomic E-state index is 11.7. The first kappa shape index (κ1) is 38.1. The molecule has 0 radical (unpaired) electrons. The van der Waals surface area contributed by atoms with Crippen molar-refractivity contribution in [1.82, 2.24) is 0 Å². The molecule has 232 valence electrons. The van der Waals surface area contributed by atoms with E-state index in [2.05, 4.69) is 81.4 Å². The van der Waals surface area contributed by atoms with E-state index in [9.17, 15) is 14.4 Å². The fourth-order valence-corrected chi connectivity index (χ4v) is 3.81. The number of unbranched alkanes of at least 4 members (excludes halogenated alkanes) is 1. The average Bonchev–Trinajstić information content (AvgIpc) is 2.89. The molecule has 0 bridgehead atoms. The molecule has 0 aromatic rings. The van der Waals surface area contributed by atoms with Gasteiger partial charge in [-0.3, -0.25) is 0 Å². The van der Waals surface area contributed by atoms with Crippen LogP contribution in [0.2, 0.25) is 0 Å². The second kappa shape index (κ2) is 24.8. The van der Waals surface area contributed by atoms with Gasteiger partial charge in [-0.1, -0.05) is 58.2 Å². The van der Waals surface area contributed by atoms with Crippen molar-refractivity contribution in [3.8, 4) is 0 Å². The van der Waals surface area contributed by atoms with E-state index in [-0.39, 0.29) is 19.8 Å². The average molecular weight is 575 g/mol. The van der Waals surface area contributed by atoms with Crippen molar-refractivity contribution >= 4 is 18.1 Å². The van der Waals surface area contributed by atoms with E-state index in [4.69, 9.17) is 9.47 Å². The molecule has 0 aliphatic heterocycles. The number of allylic oxidation sites excluding steroid dienone is 10. The van der Waals surface area contributed by atoms with Gasteiger partial charge in [0.05, 0.1) is 13.2 Å². The van der Waals surface area contributed by atoms with Crippen molar-refractivity contribution in [2.45, 2.75) is 113 Å². The number of hydrogen-bond acceptors (Lipinski definition) is 7. The summed E-state index contributed by atoms with van der Waals surface area (Å²) in [6, 6.07) is 0. The van der Waals surface area contributed by atoms with Crippen LogP contribution in [0.4, 0.5) is 4.79 Å². The summed E-state index contributed by atoms with van der Waals surface area (Å²) in [6.45, 7) is 14.1. The summed E-state index contributed by atoms with van der Waals surface area (Å²) in [6.07, 6.45) is 20.9. The zero-order valence-corrected chi connectivity index (χ0v) is 26.6. The molecule has 0 saturated heterocycles. The summed E-state index contributed by atoms with van der Waals surface area (Å²) in [5.74, 6) is -1.50. The van der Waals surface area contributed by atoms with Crippen LogP contribution in [0.3, 0.4) is 0 Å². The van der Waals surface area contributed by atoms with Crippen LogP contribution in [-0.2, 0) is 28.5 Å². The van der Waals surface area contributed by atoms with Crippen molar-refractivity contribution in [3.63, 3.8) is 0 Å². The van der Waals surface area contributed by atoms with Crippen LogP contribution in [-0.4, -0.2) is 44.5 Å². The number of carbonyl (C=O) groups is 3. The molecule has 41 heavy (non-hydrogen) atoms. The first-order valence-corrected chi connectivity index (χ1v) is 14.9. The highest BCUT2D eigenvalue weighted by Crippen LogP contribution is 2.14. The quantitative estimate of drug-likeness (QED) is 0.0585. The van der Waals surface area contributed by atoms with Gasteiger partial charge in [0.15, 0.2) is 0 Å². The topological polar surface area (TPSA) is 88.1 Å². The summed E-state index contributed by atoms with van der Waals surface area (Å²) in [4.78, 5) is 34.0. The van der Waals surface area contributed by atoms with Crippen molar-refractivity contribution in [2.75, 3.05) is 26.4 Å². The molecule has 0 aromatic carbocycles. The Kier molecular flexibility index (Phi) is 23.1. The molecule has 0 spiro atoms. The van der Waals surface area contributed by atoms with Gasteiger partial charge in [0.2, 0.25) is 0 Å². The van der Waals surface area contributed by atoms with E-state index < -0.39 is 24.7 Å². The van der Waals surface area contributed by atoms with Gasteiger partial charge in [-0.05, 0) is 113 Å².